The highest BCUT2D eigenvalue weighted by atomic mass is 16.6. The highest BCUT2D eigenvalue weighted by molar-refractivity contribution is 5.98. The van der Waals surface area contributed by atoms with Crippen LogP contribution in [0.1, 0.15) is 117 Å². The minimum Gasteiger partial charge on any atom is -0.396 e. The molecule has 0 aromatic heterocycles. The normalized spacial score (nSPS) is 34.9. The van der Waals surface area contributed by atoms with Gasteiger partial charge < -0.3 is 9.57 Å². The average Bonchev–Trinajstić information content (AvgIpc) is 3.01. The standard InChI is InChI=1S/C33H61N7O2/c1-32(2)29-17-18-33(3,42-32)31(30(29)40(37-23-12-6-13-24-37)38-25-14-7-15-26-38)34-41-28-16-27-39(35-19-8-4-9-20-35)36-21-10-5-11-22-36/h29-30H,4-28H2,1-3H3/b34-31-/t29-,30-,33+/m1/s1. The van der Waals surface area contributed by atoms with E-state index in [1.54, 1.807) is 0 Å². The van der Waals surface area contributed by atoms with Gasteiger partial charge >= 0.3 is 0 Å². The number of rotatable bonds is 10. The number of piperidine rings is 4. The fourth-order valence-electron chi connectivity index (χ4n) is 8.89. The summed E-state index contributed by atoms with van der Waals surface area (Å²) in [5, 5.41) is 20.9. The number of hydrogen-bond donors (Lipinski definition) is 0. The van der Waals surface area contributed by atoms with Crippen LogP contribution < -0.4 is 0 Å². The molecule has 0 amide bonds. The van der Waals surface area contributed by atoms with Crippen molar-refractivity contribution < 1.29 is 9.57 Å². The quantitative estimate of drug-likeness (QED) is 0.252. The van der Waals surface area contributed by atoms with E-state index in [0.29, 0.717) is 12.5 Å². The fourth-order valence-corrected chi connectivity index (χ4v) is 8.89. The minimum absolute atomic E-state index is 0.177. The minimum atomic E-state index is -0.375. The van der Waals surface area contributed by atoms with Gasteiger partial charge in [0.2, 0.25) is 0 Å². The molecule has 9 heteroatoms. The molecule has 0 aromatic carbocycles. The van der Waals surface area contributed by atoms with Gasteiger partial charge in [-0.1, -0.05) is 30.8 Å². The molecule has 2 bridgehead atoms. The van der Waals surface area contributed by atoms with Crippen molar-refractivity contribution in [2.24, 2.45) is 11.1 Å². The summed E-state index contributed by atoms with van der Waals surface area (Å²) in [6.07, 6.45) is 19.0. The molecular weight excluding hydrogens is 526 g/mol. The third-order valence-corrected chi connectivity index (χ3v) is 11.1. The molecule has 0 aromatic rings. The SMILES string of the molecule is CC1(C)O[C@@]2(C)CC[C@@H]1[C@@H](N(N1CCCCC1)N1CCCCC1)/C2=N/OCCCN(N1CCCCC1)N1CCCCC1. The van der Waals surface area contributed by atoms with Gasteiger partial charge in [-0.3, -0.25) is 0 Å². The van der Waals surface area contributed by atoms with Crippen LogP contribution in [0.15, 0.2) is 5.16 Å². The molecule has 3 atom stereocenters. The fraction of sp³-hybridized carbons (Fsp3) is 0.970. The summed E-state index contributed by atoms with van der Waals surface area (Å²) < 4.78 is 6.89. The number of fused-ring (bicyclic) bond motifs is 3. The zero-order valence-electron chi connectivity index (χ0n) is 27.3. The van der Waals surface area contributed by atoms with Crippen LogP contribution in [0.25, 0.3) is 0 Å². The second-order valence-electron chi connectivity index (χ2n) is 14.7. The molecule has 0 unspecified atom stereocenters. The maximum atomic E-state index is 6.89. The Balaban J connectivity index is 1.18. The molecule has 7 rings (SSSR count). The van der Waals surface area contributed by atoms with E-state index in [1.807, 2.05) is 0 Å². The van der Waals surface area contributed by atoms with Gasteiger partial charge in [-0.25, -0.2) is 20.0 Å². The third kappa shape index (κ3) is 6.87. The van der Waals surface area contributed by atoms with Crippen LogP contribution in [0.2, 0.25) is 0 Å². The molecule has 9 nitrogen and oxygen atoms in total. The number of hydrazine groups is 4. The monoisotopic (exact) mass is 587 g/mol. The van der Waals surface area contributed by atoms with Crippen molar-refractivity contribution in [2.75, 3.05) is 65.5 Å². The van der Waals surface area contributed by atoms with E-state index >= 15 is 0 Å². The summed E-state index contributed by atoms with van der Waals surface area (Å²) in [7, 11) is 0. The molecule has 6 heterocycles. The van der Waals surface area contributed by atoms with Crippen molar-refractivity contribution >= 4 is 5.71 Å². The Labute approximate surface area is 256 Å². The van der Waals surface area contributed by atoms with Crippen LogP contribution in [0.3, 0.4) is 0 Å². The van der Waals surface area contributed by atoms with Gasteiger partial charge in [0.25, 0.3) is 0 Å². The highest BCUT2D eigenvalue weighted by Gasteiger charge is 2.61. The van der Waals surface area contributed by atoms with Crippen molar-refractivity contribution in [1.29, 1.82) is 0 Å². The van der Waals surface area contributed by atoms with Gasteiger partial charge in [0.05, 0.1) is 11.6 Å². The predicted octanol–water partition coefficient (Wildman–Crippen LogP) is 5.30. The van der Waals surface area contributed by atoms with E-state index in [9.17, 15) is 0 Å². The van der Waals surface area contributed by atoms with E-state index in [-0.39, 0.29) is 17.2 Å². The largest absolute Gasteiger partial charge is 0.396 e. The second kappa shape index (κ2) is 14.1. The van der Waals surface area contributed by atoms with Crippen LogP contribution in [0.5, 0.6) is 0 Å². The second-order valence-corrected chi connectivity index (χ2v) is 14.7. The maximum Gasteiger partial charge on any atom is 0.118 e. The third-order valence-electron chi connectivity index (χ3n) is 11.1. The molecule has 7 aliphatic rings. The van der Waals surface area contributed by atoms with Crippen molar-refractivity contribution in [1.82, 2.24) is 30.3 Å². The van der Waals surface area contributed by atoms with Gasteiger partial charge in [-0.05, 0) is 91.4 Å². The molecule has 6 aliphatic heterocycles. The topological polar surface area (TPSA) is 50.3 Å². The van der Waals surface area contributed by atoms with Gasteiger partial charge in [-0.15, -0.1) is 0 Å². The van der Waals surface area contributed by atoms with Crippen LogP contribution in [0.4, 0.5) is 0 Å². The van der Waals surface area contributed by atoms with Crippen molar-refractivity contribution in [3.63, 3.8) is 0 Å². The van der Waals surface area contributed by atoms with E-state index in [4.69, 9.17) is 14.7 Å². The summed E-state index contributed by atoms with van der Waals surface area (Å²) >= 11 is 0. The molecule has 240 valence electrons. The maximum absolute atomic E-state index is 6.89. The average molecular weight is 588 g/mol. The lowest BCUT2D eigenvalue weighted by atomic mass is 9.64. The lowest BCUT2D eigenvalue weighted by molar-refractivity contribution is -0.267. The zero-order valence-corrected chi connectivity index (χ0v) is 27.3. The molecule has 1 saturated carbocycles. The molecule has 0 N–H and O–H groups in total. The number of hydrogen-bond acceptors (Lipinski definition) is 9. The summed E-state index contributed by atoms with van der Waals surface area (Å²) in [6.45, 7) is 18.0. The molecule has 7 fully saturated rings. The molecule has 1 aliphatic carbocycles. The molecule has 0 radical (unpaired) electrons. The Hall–Kier alpha value is -0.810. The Bertz CT molecular complexity index is 842. The number of nitrogens with zero attached hydrogens (tertiary/aromatic N) is 7. The first-order valence-electron chi connectivity index (χ1n) is 17.9. The molecule has 6 saturated heterocycles. The van der Waals surface area contributed by atoms with Gasteiger partial charge in [-0.2, -0.15) is 10.2 Å². The van der Waals surface area contributed by atoms with Crippen LogP contribution in [-0.4, -0.2) is 119 Å². The van der Waals surface area contributed by atoms with Crippen LogP contribution >= 0.6 is 0 Å². The Kier molecular flexibility index (Phi) is 10.5. The zero-order chi connectivity index (χ0) is 29.0. The molecular formula is C33H61N7O2. The predicted molar refractivity (Wildman–Crippen MR) is 168 cm³/mol. The first kappa shape index (κ1) is 31.2. The van der Waals surface area contributed by atoms with Gasteiger partial charge in [0.15, 0.2) is 0 Å². The summed E-state index contributed by atoms with van der Waals surface area (Å²) in [4.78, 5) is 6.32. The molecule has 0 spiro atoms. The Morgan fingerprint density at radius 3 is 1.67 bits per heavy atom. The van der Waals surface area contributed by atoms with E-state index < -0.39 is 0 Å². The molecule has 42 heavy (non-hydrogen) atoms. The van der Waals surface area contributed by atoms with Gasteiger partial charge in [0, 0.05) is 64.8 Å². The van der Waals surface area contributed by atoms with Crippen LogP contribution in [-0.2, 0) is 9.57 Å². The van der Waals surface area contributed by atoms with E-state index in [2.05, 4.69) is 51.0 Å². The first-order valence-corrected chi connectivity index (χ1v) is 17.9. The van der Waals surface area contributed by atoms with E-state index in [1.165, 1.54) is 110 Å². The van der Waals surface area contributed by atoms with E-state index in [0.717, 1.165) is 51.3 Å². The lowest BCUT2D eigenvalue weighted by Gasteiger charge is -2.62. The number of ether oxygens (including phenoxy) is 1. The first-order chi connectivity index (χ1) is 20.5. The van der Waals surface area contributed by atoms with Crippen molar-refractivity contribution in [3.05, 3.63) is 0 Å². The van der Waals surface area contributed by atoms with Crippen molar-refractivity contribution in [2.45, 2.75) is 134 Å². The Morgan fingerprint density at radius 1 is 0.714 bits per heavy atom. The number of oxime groups is 1. The Morgan fingerprint density at radius 2 is 1.19 bits per heavy atom. The van der Waals surface area contributed by atoms with Crippen LogP contribution in [0, 0.1) is 5.92 Å². The van der Waals surface area contributed by atoms with Gasteiger partial charge in [0.1, 0.15) is 17.9 Å². The lowest BCUT2D eigenvalue weighted by Crippen LogP contribution is -2.74. The van der Waals surface area contributed by atoms with Crippen molar-refractivity contribution in [3.8, 4) is 0 Å². The smallest absolute Gasteiger partial charge is 0.118 e. The highest BCUT2D eigenvalue weighted by Crippen LogP contribution is 2.50. The summed E-state index contributed by atoms with van der Waals surface area (Å²) in [6, 6.07) is 0.210. The summed E-state index contributed by atoms with van der Waals surface area (Å²) in [5.74, 6) is 0.402. The summed E-state index contributed by atoms with van der Waals surface area (Å²) in [5.41, 5.74) is 0.586.